The summed E-state index contributed by atoms with van der Waals surface area (Å²) < 4.78 is 14.6. The lowest BCUT2D eigenvalue weighted by molar-refractivity contribution is 0.202. The van der Waals surface area contributed by atoms with Crippen LogP contribution in [0.2, 0.25) is 0 Å². The second-order valence-electron chi connectivity index (χ2n) is 3.75. The molecule has 1 aliphatic rings. The summed E-state index contributed by atoms with van der Waals surface area (Å²) in [6.45, 7) is 2.03. The normalized spacial score (nSPS) is 26.4. The van der Waals surface area contributed by atoms with Crippen LogP contribution in [-0.4, -0.2) is 12.2 Å². The topological polar surface area (TPSA) is 12.0 Å². The van der Waals surface area contributed by atoms with Gasteiger partial charge >= 0.3 is 0 Å². The fourth-order valence-electron chi connectivity index (χ4n) is 1.62. The zero-order valence-electron chi connectivity index (χ0n) is 7.40. The Morgan fingerprint density at radius 2 is 2.31 bits per heavy atom. The molecule has 2 rings (SSSR count). The van der Waals surface area contributed by atoms with Crippen molar-refractivity contribution in [1.29, 1.82) is 0 Å². The molecule has 1 aliphatic heterocycles. The minimum Gasteiger partial charge on any atom is -0.382 e. The van der Waals surface area contributed by atoms with Gasteiger partial charge in [0.25, 0.3) is 0 Å². The zero-order chi connectivity index (χ0) is 9.47. The van der Waals surface area contributed by atoms with E-state index in [1.54, 1.807) is 6.92 Å². The predicted octanol–water partition coefficient (Wildman–Crippen LogP) is 3.15. The Labute approximate surface area is 85.5 Å². The van der Waals surface area contributed by atoms with Gasteiger partial charge in [-0.25, -0.2) is 4.39 Å². The largest absolute Gasteiger partial charge is 0.382 e. The van der Waals surface area contributed by atoms with Crippen molar-refractivity contribution in [1.82, 2.24) is 0 Å². The average molecular weight is 244 g/mol. The number of fused-ring (bicyclic) bond motifs is 1. The van der Waals surface area contributed by atoms with Crippen LogP contribution in [0.1, 0.15) is 12.5 Å². The molecular formula is C10H11BrFN. The van der Waals surface area contributed by atoms with Gasteiger partial charge in [-0.15, -0.1) is 0 Å². The zero-order valence-corrected chi connectivity index (χ0v) is 8.99. The summed E-state index contributed by atoms with van der Waals surface area (Å²) in [5.41, 5.74) is 0.984. The molecule has 0 aromatic heterocycles. The molecule has 1 aromatic rings. The highest BCUT2D eigenvalue weighted by atomic mass is 79.9. The summed E-state index contributed by atoms with van der Waals surface area (Å²) in [5.74, 6) is 0. The summed E-state index contributed by atoms with van der Waals surface area (Å²) in [6, 6.07) is 5.92. The third-order valence-electron chi connectivity index (χ3n) is 2.27. The number of hydrogen-bond donors (Lipinski definition) is 1. The molecule has 1 N–H and O–H groups in total. The van der Waals surface area contributed by atoms with Gasteiger partial charge in [0.05, 0.1) is 0 Å². The van der Waals surface area contributed by atoms with Crippen molar-refractivity contribution in [2.24, 2.45) is 0 Å². The van der Waals surface area contributed by atoms with Crippen molar-refractivity contribution in [3.05, 3.63) is 28.2 Å². The summed E-state index contributed by atoms with van der Waals surface area (Å²) in [7, 11) is 0. The first-order chi connectivity index (χ1) is 6.07. The van der Waals surface area contributed by atoms with E-state index >= 15 is 0 Å². The highest BCUT2D eigenvalue weighted by Crippen LogP contribution is 2.31. The van der Waals surface area contributed by atoms with Crippen molar-refractivity contribution < 1.29 is 4.39 Å². The Kier molecular flexibility index (Phi) is 2.06. The monoisotopic (exact) mass is 243 g/mol. The van der Waals surface area contributed by atoms with E-state index in [4.69, 9.17) is 0 Å². The van der Waals surface area contributed by atoms with E-state index < -0.39 is 5.67 Å². The van der Waals surface area contributed by atoms with E-state index in [-0.39, 0.29) is 0 Å². The molecule has 3 heteroatoms. The van der Waals surface area contributed by atoms with Crippen LogP contribution in [0.5, 0.6) is 0 Å². The van der Waals surface area contributed by atoms with Crippen LogP contribution in [0.15, 0.2) is 22.7 Å². The SMILES string of the molecule is CC1(F)CNc2ccc(Br)cc2C1. The van der Waals surface area contributed by atoms with Crippen molar-refractivity contribution in [2.45, 2.75) is 19.0 Å². The van der Waals surface area contributed by atoms with Crippen molar-refractivity contribution >= 4 is 21.6 Å². The van der Waals surface area contributed by atoms with Gasteiger partial charge in [-0.3, -0.25) is 0 Å². The molecule has 1 unspecified atom stereocenters. The van der Waals surface area contributed by atoms with Gasteiger partial charge < -0.3 is 5.32 Å². The van der Waals surface area contributed by atoms with Crippen LogP contribution in [0.25, 0.3) is 0 Å². The minimum absolute atomic E-state index is 0.404. The molecule has 0 saturated heterocycles. The van der Waals surface area contributed by atoms with Gasteiger partial charge in [-0.05, 0) is 30.7 Å². The number of hydrogen-bond acceptors (Lipinski definition) is 1. The Hall–Kier alpha value is -0.570. The number of anilines is 1. The van der Waals surface area contributed by atoms with E-state index in [9.17, 15) is 4.39 Å². The number of rotatable bonds is 0. The van der Waals surface area contributed by atoms with E-state index in [0.29, 0.717) is 13.0 Å². The molecule has 0 fully saturated rings. The van der Waals surface area contributed by atoms with Crippen LogP contribution < -0.4 is 5.32 Å². The van der Waals surface area contributed by atoms with E-state index in [1.807, 2.05) is 18.2 Å². The number of nitrogens with one attached hydrogen (secondary N) is 1. The predicted molar refractivity (Wildman–Crippen MR) is 55.8 cm³/mol. The number of benzene rings is 1. The number of alkyl halides is 1. The molecule has 1 nitrogen and oxygen atoms in total. The van der Waals surface area contributed by atoms with Gasteiger partial charge in [0.2, 0.25) is 0 Å². The lowest BCUT2D eigenvalue weighted by Crippen LogP contribution is -2.35. The fourth-order valence-corrected chi connectivity index (χ4v) is 2.03. The summed E-state index contributed by atoms with van der Waals surface area (Å²) in [6.07, 6.45) is 0.495. The number of halogens is 2. The molecular weight excluding hydrogens is 233 g/mol. The van der Waals surface area contributed by atoms with Crippen LogP contribution in [0.4, 0.5) is 10.1 Å². The molecule has 70 valence electrons. The quantitative estimate of drug-likeness (QED) is 0.739. The first-order valence-electron chi connectivity index (χ1n) is 4.28. The van der Waals surface area contributed by atoms with E-state index in [2.05, 4.69) is 21.2 Å². The van der Waals surface area contributed by atoms with Crippen molar-refractivity contribution in [3.63, 3.8) is 0 Å². The standard InChI is InChI=1S/C10H11BrFN/c1-10(12)5-7-4-8(11)2-3-9(7)13-6-10/h2-4,13H,5-6H2,1H3. The van der Waals surface area contributed by atoms with Gasteiger partial charge in [0.1, 0.15) is 5.67 Å². The molecule has 0 bridgehead atoms. The Morgan fingerprint density at radius 3 is 3.08 bits per heavy atom. The Balaban J connectivity index is 2.38. The maximum Gasteiger partial charge on any atom is 0.129 e. The first-order valence-corrected chi connectivity index (χ1v) is 5.07. The van der Waals surface area contributed by atoms with Crippen LogP contribution in [0.3, 0.4) is 0 Å². The lowest BCUT2D eigenvalue weighted by atomic mass is 9.93. The Morgan fingerprint density at radius 1 is 1.54 bits per heavy atom. The lowest BCUT2D eigenvalue weighted by Gasteiger charge is -2.29. The second kappa shape index (κ2) is 2.98. The van der Waals surface area contributed by atoms with Gasteiger partial charge in [0.15, 0.2) is 0 Å². The third kappa shape index (κ3) is 1.85. The van der Waals surface area contributed by atoms with Gasteiger partial charge in [-0.2, -0.15) is 0 Å². The highest BCUT2D eigenvalue weighted by Gasteiger charge is 2.28. The summed E-state index contributed by atoms with van der Waals surface area (Å²) in [4.78, 5) is 0. The molecule has 1 aromatic carbocycles. The molecule has 1 heterocycles. The molecule has 0 amide bonds. The second-order valence-corrected chi connectivity index (χ2v) is 4.66. The summed E-state index contributed by atoms with van der Waals surface area (Å²) >= 11 is 3.38. The van der Waals surface area contributed by atoms with Crippen LogP contribution in [0, 0.1) is 0 Å². The molecule has 1 atom stereocenters. The van der Waals surface area contributed by atoms with Crippen LogP contribution in [-0.2, 0) is 6.42 Å². The third-order valence-corrected chi connectivity index (χ3v) is 2.77. The average Bonchev–Trinajstić information content (AvgIpc) is 2.01. The Bertz CT molecular complexity index is 336. The summed E-state index contributed by atoms with van der Waals surface area (Å²) in [5, 5.41) is 3.08. The highest BCUT2D eigenvalue weighted by molar-refractivity contribution is 9.10. The molecule has 0 saturated carbocycles. The van der Waals surface area contributed by atoms with Crippen molar-refractivity contribution in [2.75, 3.05) is 11.9 Å². The smallest absolute Gasteiger partial charge is 0.129 e. The molecule has 0 radical (unpaired) electrons. The van der Waals surface area contributed by atoms with Crippen LogP contribution >= 0.6 is 15.9 Å². The fraction of sp³-hybridized carbons (Fsp3) is 0.400. The maximum absolute atomic E-state index is 13.6. The molecule has 0 spiro atoms. The van der Waals surface area contributed by atoms with E-state index in [0.717, 1.165) is 15.7 Å². The van der Waals surface area contributed by atoms with Gasteiger partial charge in [-0.1, -0.05) is 15.9 Å². The van der Waals surface area contributed by atoms with Gasteiger partial charge in [0, 0.05) is 23.1 Å². The molecule has 0 aliphatic carbocycles. The maximum atomic E-state index is 13.6. The first kappa shape index (κ1) is 9.00. The van der Waals surface area contributed by atoms with Crippen molar-refractivity contribution in [3.8, 4) is 0 Å². The molecule has 13 heavy (non-hydrogen) atoms. The minimum atomic E-state index is -1.12. The van der Waals surface area contributed by atoms with E-state index in [1.165, 1.54) is 0 Å².